The number of benzene rings is 1. The number of carbonyl (C=O) groups excluding carboxylic acids is 1. The van der Waals surface area contributed by atoms with Crippen LogP contribution in [0.2, 0.25) is 0 Å². The van der Waals surface area contributed by atoms with Crippen molar-refractivity contribution >= 4 is 28.9 Å². The summed E-state index contributed by atoms with van der Waals surface area (Å²) in [5.41, 5.74) is 0.605. The summed E-state index contributed by atoms with van der Waals surface area (Å²) in [4.78, 5) is 39.3. The fourth-order valence-corrected chi connectivity index (χ4v) is 3.03. The third-order valence-corrected chi connectivity index (χ3v) is 4.12. The molecule has 0 saturated carbocycles. The molecule has 2 rings (SSSR count). The Morgan fingerprint density at radius 2 is 2.12 bits per heavy atom. The number of carboxylic acid groups (broad SMARTS) is 1. The second kappa shape index (κ2) is 7.84. The number of non-ortho nitro benzene ring substituents is 1. The number of hydrogen-bond donors (Lipinski definition) is 1. The van der Waals surface area contributed by atoms with Gasteiger partial charge >= 0.3 is 5.97 Å². The lowest BCUT2D eigenvalue weighted by Crippen LogP contribution is -2.38. The molecule has 0 saturated heterocycles. The van der Waals surface area contributed by atoms with Gasteiger partial charge in [-0.15, -0.1) is 11.3 Å². The highest BCUT2D eigenvalue weighted by molar-refractivity contribution is 7.13. The summed E-state index contributed by atoms with van der Waals surface area (Å²) >= 11 is 1.18. The maximum absolute atomic E-state index is 12.5. The monoisotopic (exact) mass is 363 g/mol. The molecule has 132 valence electrons. The molecule has 0 aliphatic heterocycles. The molecule has 25 heavy (non-hydrogen) atoms. The number of carbonyl (C=O) groups is 2. The molecule has 2 aromatic rings. The first kappa shape index (κ1) is 18.5. The summed E-state index contributed by atoms with van der Waals surface area (Å²) in [6, 6.07) is 5.98. The average Bonchev–Trinajstić information content (AvgIpc) is 3.02. The minimum absolute atomic E-state index is 0.0621. The Balaban J connectivity index is 2.26. The third kappa shape index (κ3) is 4.83. The van der Waals surface area contributed by atoms with Crippen molar-refractivity contribution in [2.24, 2.45) is 5.92 Å². The number of aromatic nitrogens is 1. The summed E-state index contributed by atoms with van der Waals surface area (Å²) in [5, 5.41) is 21.8. The van der Waals surface area contributed by atoms with Crippen molar-refractivity contribution in [3.8, 4) is 10.6 Å². The van der Waals surface area contributed by atoms with Crippen molar-refractivity contribution in [1.82, 2.24) is 9.88 Å². The van der Waals surface area contributed by atoms with Crippen LogP contribution in [-0.2, 0) is 4.79 Å². The molecule has 0 radical (unpaired) electrons. The van der Waals surface area contributed by atoms with Crippen LogP contribution in [0.25, 0.3) is 10.6 Å². The predicted octanol–water partition coefficient (Wildman–Crippen LogP) is 2.90. The van der Waals surface area contributed by atoms with E-state index >= 15 is 0 Å². The first-order valence-corrected chi connectivity index (χ1v) is 8.37. The maximum atomic E-state index is 12.5. The molecule has 1 amide bonds. The molecule has 0 unspecified atom stereocenters. The number of nitro benzene ring substituents is 1. The molecule has 0 aliphatic rings. The van der Waals surface area contributed by atoms with Crippen LogP contribution < -0.4 is 0 Å². The van der Waals surface area contributed by atoms with E-state index in [4.69, 9.17) is 5.11 Å². The lowest BCUT2D eigenvalue weighted by molar-refractivity contribution is -0.384. The van der Waals surface area contributed by atoms with E-state index < -0.39 is 23.3 Å². The summed E-state index contributed by atoms with van der Waals surface area (Å²) in [6.07, 6.45) is 0. The van der Waals surface area contributed by atoms with Gasteiger partial charge in [-0.2, -0.15) is 0 Å². The number of rotatable bonds is 7. The maximum Gasteiger partial charge on any atom is 0.323 e. The molecule has 0 bridgehead atoms. The highest BCUT2D eigenvalue weighted by Gasteiger charge is 2.22. The first-order valence-electron chi connectivity index (χ1n) is 7.49. The molecular formula is C16H17N3O5S. The van der Waals surface area contributed by atoms with Gasteiger partial charge in [0.25, 0.3) is 11.6 Å². The van der Waals surface area contributed by atoms with Crippen molar-refractivity contribution in [2.45, 2.75) is 13.8 Å². The Morgan fingerprint density at radius 1 is 1.40 bits per heavy atom. The Kier molecular flexibility index (Phi) is 5.81. The first-order chi connectivity index (χ1) is 11.8. The van der Waals surface area contributed by atoms with Crippen LogP contribution in [0.15, 0.2) is 29.6 Å². The molecule has 1 aromatic heterocycles. The van der Waals surface area contributed by atoms with Gasteiger partial charge in [-0.3, -0.25) is 19.7 Å². The quantitative estimate of drug-likeness (QED) is 0.597. The third-order valence-electron chi connectivity index (χ3n) is 3.23. The van der Waals surface area contributed by atoms with Gasteiger partial charge in [-0.1, -0.05) is 26.0 Å². The molecule has 1 N–H and O–H groups in total. The van der Waals surface area contributed by atoms with E-state index in [-0.39, 0.29) is 17.3 Å². The molecule has 0 spiro atoms. The number of aliphatic carboxylic acids is 1. The van der Waals surface area contributed by atoms with Crippen molar-refractivity contribution in [2.75, 3.05) is 13.1 Å². The number of nitro groups is 1. The smallest absolute Gasteiger partial charge is 0.323 e. The van der Waals surface area contributed by atoms with E-state index in [2.05, 4.69) is 4.98 Å². The highest BCUT2D eigenvalue weighted by atomic mass is 32.1. The van der Waals surface area contributed by atoms with Crippen LogP contribution in [0, 0.1) is 16.0 Å². The molecule has 8 nitrogen and oxygen atoms in total. The lowest BCUT2D eigenvalue weighted by atomic mass is 10.2. The number of amides is 1. The predicted molar refractivity (Wildman–Crippen MR) is 92.6 cm³/mol. The van der Waals surface area contributed by atoms with E-state index in [1.807, 2.05) is 13.8 Å². The van der Waals surface area contributed by atoms with E-state index in [0.717, 1.165) is 0 Å². The van der Waals surface area contributed by atoms with Gasteiger partial charge in [0.1, 0.15) is 17.2 Å². The van der Waals surface area contributed by atoms with Gasteiger partial charge in [0.15, 0.2) is 0 Å². The minimum atomic E-state index is -1.09. The van der Waals surface area contributed by atoms with Crippen LogP contribution in [0.5, 0.6) is 0 Å². The second-order valence-corrected chi connectivity index (χ2v) is 6.68. The zero-order chi connectivity index (χ0) is 18.6. The van der Waals surface area contributed by atoms with Gasteiger partial charge < -0.3 is 10.0 Å². The Labute approximate surface area is 147 Å². The lowest BCUT2D eigenvalue weighted by Gasteiger charge is -2.21. The number of carboxylic acids is 1. The number of thiazole rings is 1. The summed E-state index contributed by atoms with van der Waals surface area (Å²) < 4.78 is 0. The van der Waals surface area contributed by atoms with Crippen molar-refractivity contribution in [1.29, 1.82) is 0 Å². The largest absolute Gasteiger partial charge is 0.480 e. The Bertz CT molecular complexity index is 803. The van der Waals surface area contributed by atoms with Crippen molar-refractivity contribution < 1.29 is 19.6 Å². The van der Waals surface area contributed by atoms with Gasteiger partial charge in [0.2, 0.25) is 0 Å². The van der Waals surface area contributed by atoms with Crippen LogP contribution in [0.3, 0.4) is 0 Å². The van der Waals surface area contributed by atoms with Gasteiger partial charge in [-0.25, -0.2) is 4.98 Å². The SMILES string of the molecule is CC(C)CN(CC(=O)O)C(=O)c1csc(-c2cccc([N+](=O)[O-])c2)n1. The van der Waals surface area contributed by atoms with E-state index in [1.54, 1.807) is 12.1 Å². The number of nitrogens with zero attached hydrogens (tertiary/aromatic N) is 3. The van der Waals surface area contributed by atoms with Gasteiger partial charge in [0.05, 0.1) is 4.92 Å². The Hall–Kier alpha value is -2.81. The summed E-state index contributed by atoms with van der Waals surface area (Å²) in [6.45, 7) is 3.67. The molecule has 1 heterocycles. The molecular weight excluding hydrogens is 346 g/mol. The highest BCUT2D eigenvalue weighted by Crippen LogP contribution is 2.27. The Morgan fingerprint density at radius 3 is 2.72 bits per heavy atom. The van der Waals surface area contributed by atoms with Crippen LogP contribution in [-0.4, -0.2) is 44.9 Å². The van der Waals surface area contributed by atoms with Crippen molar-refractivity contribution in [3.63, 3.8) is 0 Å². The molecule has 1 aromatic carbocycles. The molecule has 0 fully saturated rings. The van der Waals surface area contributed by atoms with E-state index in [9.17, 15) is 19.7 Å². The zero-order valence-electron chi connectivity index (χ0n) is 13.7. The van der Waals surface area contributed by atoms with E-state index in [0.29, 0.717) is 17.1 Å². The second-order valence-electron chi connectivity index (χ2n) is 5.82. The number of hydrogen-bond acceptors (Lipinski definition) is 6. The fraction of sp³-hybridized carbons (Fsp3) is 0.312. The van der Waals surface area contributed by atoms with Crippen molar-refractivity contribution in [3.05, 3.63) is 45.5 Å². The minimum Gasteiger partial charge on any atom is -0.480 e. The zero-order valence-corrected chi connectivity index (χ0v) is 14.5. The molecule has 9 heteroatoms. The topological polar surface area (TPSA) is 114 Å². The average molecular weight is 363 g/mol. The normalized spacial score (nSPS) is 10.7. The van der Waals surface area contributed by atoms with Gasteiger partial charge in [0, 0.05) is 29.6 Å². The van der Waals surface area contributed by atoms with E-state index in [1.165, 1.54) is 33.7 Å². The van der Waals surface area contributed by atoms with Gasteiger partial charge in [-0.05, 0) is 5.92 Å². The summed E-state index contributed by atoms with van der Waals surface area (Å²) in [5.74, 6) is -1.45. The molecule has 0 atom stereocenters. The molecule has 0 aliphatic carbocycles. The fourth-order valence-electron chi connectivity index (χ4n) is 2.24. The van der Waals surface area contributed by atoms with Crippen LogP contribution in [0.4, 0.5) is 5.69 Å². The van der Waals surface area contributed by atoms with Crippen LogP contribution >= 0.6 is 11.3 Å². The standard InChI is InChI=1S/C16H17N3O5S/c1-10(2)7-18(8-14(20)21)16(22)13-9-25-15(17-13)11-4-3-5-12(6-11)19(23)24/h3-6,9-10H,7-8H2,1-2H3,(H,20,21). The van der Waals surface area contributed by atoms with Crippen LogP contribution in [0.1, 0.15) is 24.3 Å². The summed E-state index contributed by atoms with van der Waals surface area (Å²) in [7, 11) is 0.